The summed E-state index contributed by atoms with van der Waals surface area (Å²) in [5, 5.41) is 1.07. The van der Waals surface area contributed by atoms with E-state index in [1.807, 2.05) is 54.6 Å². The Morgan fingerprint density at radius 1 is 0.933 bits per heavy atom. The Morgan fingerprint density at radius 2 is 1.73 bits per heavy atom. The molecule has 4 rings (SSSR count). The van der Waals surface area contributed by atoms with E-state index in [2.05, 4.69) is 14.9 Å². The molecule has 1 fully saturated rings. The second-order valence-electron chi connectivity index (χ2n) is 7.21. The van der Waals surface area contributed by atoms with Gasteiger partial charge in [-0.3, -0.25) is 14.6 Å². The molecule has 0 bridgehead atoms. The minimum atomic E-state index is -0.384. The number of amides is 1. The Kier molecular flexibility index (Phi) is 6.17. The number of benzene rings is 1. The number of pyridine rings is 2. The number of hydrogen-bond donors (Lipinski definition) is 0. The fraction of sp³-hybridized carbons (Fsp3) is 0.304. The number of rotatable bonds is 6. The molecule has 1 aromatic carbocycles. The van der Waals surface area contributed by atoms with Crippen LogP contribution < -0.4 is 4.90 Å². The second kappa shape index (κ2) is 9.35. The minimum Gasteiger partial charge on any atom is -0.456 e. The number of aromatic nitrogens is 2. The molecule has 30 heavy (non-hydrogen) atoms. The number of anilines is 1. The van der Waals surface area contributed by atoms with Crippen LogP contribution in [-0.4, -0.2) is 59.5 Å². The first-order chi connectivity index (χ1) is 14.7. The van der Waals surface area contributed by atoms with Gasteiger partial charge >= 0.3 is 5.97 Å². The third-order valence-corrected chi connectivity index (χ3v) is 5.20. The van der Waals surface area contributed by atoms with Crippen LogP contribution in [-0.2, 0) is 20.7 Å². The normalized spacial score (nSPS) is 14.0. The van der Waals surface area contributed by atoms with Crippen LogP contribution >= 0.6 is 0 Å². The minimum absolute atomic E-state index is 0.159. The van der Waals surface area contributed by atoms with Gasteiger partial charge in [0.2, 0.25) is 0 Å². The van der Waals surface area contributed by atoms with Gasteiger partial charge in [-0.25, -0.2) is 4.98 Å². The number of carbonyl (C=O) groups excluding carboxylic acids is 2. The van der Waals surface area contributed by atoms with E-state index in [1.165, 1.54) is 0 Å². The molecule has 0 radical (unpaired) electrons. The number of esters is 1. The summed E-state index contributed by atoms with van der Waals surface area (Å²) in [7, 11) is 0. The van der Waals surface area contributed by atoms with E-state index in [0.29, 0.717) is 32.6 Å². The molecule has 7 heteroatoms. The van der Waals surface area contributed by atoms with Crippen molar-refractivity contribution in [1.29, 1.82) is 0 Å². The summed E-state index contributed by atoms with van der Waals surface area (Å²) in [6.45, 7) is 2.39. The maximum atomic E-state index is 12.4. The van der Waals surface area contributed by atoms with Gasteiger partial charge in [0.1, 0.15) is 5.82 Å². The Balaban J connectivity index is 1.19. The van der Waals surface area contributed by atoms with E-state index in [4.69, 9.17) is 4.74 Å². The molecule has 154 valence electrons. The van der Waals surface area contributed by atoms with Crippen LogP contribution in [0.25, 0.3) is 10.9 Å². The lowest BCUT2D eigenvalue weighted by Gasteiger charge is -2.35. The van der Waals surface area contributed by atoms with Crippen molar-refractivity contribution in [2.45, 2.75) is 12.8 Å². The highest BCUT2D eigenvalue weighted by Crippen LogP contribution is 2.14. The Labute approximate surface area is 175 Å². The predicted octanol–water partition coefficient (Wildman–Crippen LogP) is 2.45. The van der Waals surface area contributed by atoms with E-state index < -0.39 is 0 Å². The van der Waals surface area contributed by atoms with Gasteiger partial charge in [-0.1, -0.05) is 30.3 Å². The topological polar surface area (TPSA) is 75.6 Å². The van der Waals surface area contributed by atoms with Crippen molar-refractivity contribution >= 4 is 28.6 Å². The highest BCUT2D eigenvalue weighted by molar-refractivity contribution is 5.81. The molecule has 1 aliphatic heterocycles. The van der Waals surface area contributed by atoms with E-state index in [-0.39, 0.29) is 24.9 Å². The maximum absolute atomic E-state index is 12.4. The molecule has 0 aliphatic carbocycles. The zero-order valence-corrected chi connectivity index (χ0v) is 16.7. The summed E-state index contributed by atoms with van der Waals surface area (Å²) in [5.74, 6) is 0.372. The molecule has 0 atom stereocenters. The van der Waals surface area contributed by atoms with Crippen molar-refractivity contribution in [1.82, 2.24) is 14.9 Å². The molecule has 1 amide bonds. The third-order valence-electron chi connectivity index (χ3n) is 5.20. The highest BCUT2D eigenvalue weighted by Gasteiger charge is 2.22. The second-order valence-corrected chi connectivity index (χ2v) is 7.21. The van der Waals surface area contributed by atoms with Crippen molar-refractivity contribution in [3.8, 4) is 0 Å². The van der Waals surface area contributed by atoms with Gasteiger partial charge in [0.05, 0.1) is 11.9 Å². The van der Waals surface area contributed by atoms with Crippen molar-refractivity contribution < 1.29 is 14.3 Å². The summed E-state index contributed by atoms with van der Waals surface area (Å²) in [6, 6.07) is 17.6. The number of nitrogens with zero attached hydrogens (tertiary/aromatic N) is 4. The maximum Gasteiger partial charge on any atom is 0.306 e. The molecule has 0 saturated carbocycles. The van der Waals surface area contributed by atoms with Crippen LogP contribution in [0.4, 0.5) is 5.82 Å². The molecule has 0 N–H and O–H groups in total. The number of para-hydroxylation sites is 1. The van der Waals surface area contributed by atoms with Crippen LogP contribution in [0, 0.1) is 0 Å². The first kappa shape index (κ1) is 19.8. The molecular formula is C23H24N4O3. The first-order valence-corrected chi connectivity index (χ1v) is 10.1. The van der Waals surface area contributed by atoms with Crippen molar-refractivity contribution in [2.24, 2.45) is 0 Å². The number of piperazine rings is 1. The van der Waals surface area contributed by atoms with Crippen LogP contribution in [0.1, 0.15) is 12.1 Å². The van der Waals surface area contributed by atoms with Crippen LogP contribution in [0.3, 0.4) is 0 Å². The quantitative estimate of drug-likeness (QED) is 0.588. The molecule has 3 aromatic rings. The molecule has 1 saturated heterocycles. The fourth-order valence-corrected chi connectivity index (χ4v) is 3.51. The smallest absolute Gasteiger partial charge is 0.306 e. The van der Waals surface area contributed by atoms with Gasteiger partial charge in [-0.15, -0.1) is 0 Å². The van der Waals surface area contributed by atoms with Gasteiger partial charge in [0.15, 0.2) is 6.61 Å². The fourth-order valence-electron chi connectivity index (χ4n) is 3.51. The van der Waals surface area contributed by atoms with Gasteiger partial charge in [0, 0.05) is 49.9 Å². The summed E-state index contributed by atoms with van der Waals surface area (Å²) in [6.07, 6.45) is 2.45. The number of hydrogen-bond acceptors (Lipinski definition) is 6. The molecular weight excluding hydrogens is 380 g/mol. The number of carbonyl (C=O) groups is 2. The van der Waals surface area contributed by atoms with Crippen LogP contribution in [0.15, 0.2) is 60.8 Å². The number of aryl methyl sites for hydroxylation is 1. The summed E-state index contributed by atoms with van der Waals surface area (Å²) < 4.78 is 5.19. The van der Waals surface area contributed by atoms with Crippen LogP contribution in [0.2, 0.25) is 0 Å². The van der Waals surface area contributed by atoms with Gasteiger partial charge in [-0.05, 0) is 24.3 Å². The molecule has 3 heterocycles. The van der Waals surface area contributed by atoms with Crippen molar-refractivity contribution in [3.63, 3.8) is 0 Å². The lowest BCUT2D eigenvalue weighted by atomic mass is 10.1. The zero-order valence-electron chi connectivity index (χ0n) is 16.7. The van der Waals surface area contributed by atoms with Crippen LogP contribution in [0.5, 0.6) is 0 Å². The van der Waals surface area contributed by atoms with Gasteiger partial charge < -0.3 is 14.5 Å². The molecule has 2 aromatic heterocycles. The average molecular weight is 404 g/mol. The Morgan fingerprint density at radius 3 is 2.53 bits per heavy atom. The lowest BCUT2D eigenvalue weighted by Crippen LogP contribution is -2.50. The monoisotopic (exact) mass is 404 g/mol. The van der Waals surface area contributed by atoms with E-state index in [1.54, 1.807) is 11.1 Å². The largest absolute Gasteiger partial charge is 0.456 e. The van der Waals surface area contributed by atoms with Crippen molar-refractivity contribution in [3.05, 3.63) is 66.5 Å². The number of fused-ring (bicyclic) bond motifs is 1. The van der Waals surface area contributed by atoms with Crippen molar-refractivity contribution in [2.75, 3.05) is 37.7 Å². The molecule has 7 nitrogen and oxygen atoms in total. The predicted molar refractivity (Wildman–Crippen MR) is 114 cm³/mol. The lowest BCUT2D eigenvalue weighted by molar-refractivity contribution is -0.152. The summed E-state index contributed by atoms with van der Waals surface area (Å²) in [5.41, 5.74) is 1.74. The van der Waals surface area contributed by atoms with Gasteiger partial charge in [0.25, 0.3) is 5.91 Å². The standard InChI is InChI=1S/C23H24N4O3/c28-22(27-15-13-26(14-16-27)21-7-3-4-12-24-21)17-30-23(29)11-10-19-9-8-18-5-1-2-6-20(18)25-19/h1-9,12H,10-11,13-17H2. The Bertz CT molecular complexity index is 1020. The Hall–Kier alpha value is -3.48. The summed E-state index contributed by atoms with van der Waals surface area (Å²) in [4.78, 5) is 37.2. The number of ether oxygens (including phenoxy) is 1. The highest BCUT2D eigenvalue weighted by atomic mass is 16.5. The molecule has 1 aliphatic rings. The SMILES string of the molecule is O=C(CCc1ccc2ccccc2n1)OCC(=O)N1CCN(c2ccccn2)CC1. The zero-order chi connectivity index (χ0) is 20.8. The molecule has 0 unspecified atom stereocenters. The average Bonchev–Trinajstić information content (AvgIpc) is 2.81. The van der Waals surface area contributed by atoms with Gasteiger partial charge in [-0.2, -0.15) is 0 Å². The first-order valence-electron chi connectivity index (χ1n) is 10.1. The van der Waals surface area contributed by atoms with E-state index in [0.717, 1.165) is 22.4 Å². The van der Waals surface area contributed by atoms with E-state index >= 15 is 0 Å². The van der Waals surface area contributed by atoms with E-state index in [9.17, 15) is 9.59 Å². The molecule has 0 spiro atoms. The summed E-state index contributed by atoms with van der Waals surface area (Å²) >= 11 is 0. The third kappa shape index (κ3) is 4.92.